The lowest BCUT2D eigenvalue weighted by Gasteiger charge is -2.08. The summed E-state index contributed by atoms with van der Waals surface area (Å²) in [5.74, 6) is 3.06. The fraction of sp³-hybridized carbons (Fsp3) is 0.375. The van der Waals surface area contributed by atoms with E-state index in [1.165, 1.54) is 18.4 Å². The Kier molecular flexibility index (Phi) is 4.25. The highest BCUT2D eigenvalue weighted by atomic mass is 35.5. The maximum Gasteiger partial charge on any atom is 0.135 e. The average molecular weight is 304 g/mol. The van der Waals surface area contributed by atoms with Crippen LogP contribution in [0.15, 0.2) is 30.3 Å². The van der Waals surface area contributed by atoms with Gasteiger partial charge >= 0.3 is 0 Å². The molecule has 0 unspecified atom stereocenters. The lowest BCUT2D eigenvalue weighted by molar-refractivity contribution is 0.414. The molecule has 2 aromatic rings. The van der Waals surface area contributed by atoms with Crippen molar-refractivity contribution in [3.05, 3.63) is 46.9 Å². The standard InChI is InChI=1S/C16H18ClN3O/c1-21-13-6-2-11(3-7-13)8-9-18-15-10-14(17)19-16(20-15)12-4-5-12/h2-3,6-7,10,12H,4-5,8-9H2,1H3,(H,18,19,20). The number of ether oxygens (including phenoxy) is 1. The maximum absolute atomic E-state index is 6.05. The molecule has 4 nitrogen and oxygen atoms in total. The molecule has 0 aliphatic heterocycles. The van der Waals surface area contributed by atoms with Crippen LogP contribution in [0.25, 0.3) is 0 Å². The Balaban J connectivity index is 1.57. The third-order valence-electron chi connectivity index (χ3n) is 3.53. The van der Waals surface area contributed by atoms with E-state index in [0.29, 0.717) is 11.1 Å². The van der Waals surface area contributed by atoms with Gasteiger partial charge in [0.15, 0.2) is 0 Å². The van der Waals surface area contributed by atoms with Gasteiger partial charge in [-0.25, -0.2) is 9.97 Å². The molecule has 1 saturated carbocycles. The monoisotopic (exact) mass is 303 g/mol. The minimum absolute atomic E-state index is 0.505. The molecule has 0 radical (unpaired) electrons. The highest BCUT2D eigenvalue weighted by Gasteiger charge is 2.27. The van der Waals surface area contributed by atoms with Crippen molar-refractivity contribution in [2.24, 2.45) is 0 Å². The van der Waals surface area contributed by atoms with Gasteiger partial charge in [0.2, 0.25) is 0 Å². The molecule has 0 spiro atoms. The Hall–Kier alpha value is -1.81. The van der Waals surface area contributed by atoms with Crippen molar-refractivity contribution in [2.45, 2.75) is 25.2 Å². The second-order valence-electron chi connectivity index (χ2n) is 5.23. The zero-order valence-corrected chi connectivity index (χ0v) is 12.7. The third-order valence-corrected chi connectivity index (χ3v) is 3.73. The molecule has 1 aromatic carbocycles. The van der Waals surface area contributed by atoms with Gasteiger partial charge in [0.25, 0.3) is 0 Å². The van der Waals surface area contributed by atoms with Crippen LogP contribution in [0.5, 0.6) is 5.75 Å². The Morgan fingerprint density at radius 3 is 2.67 bits per heavy atom. The van der Waals surface area contributed by atoms with Gasteiger partial charge in [0.05, 0.1) is 7.11 Å². The van der Waals surface area contributed by atoms with E-state index in [2.05, 4.69) is 27.4 Å². The first-order valence-corrected chi connectivity index (χ1v) is 7.53. The first-order chi connectivity index (χ1) is 10.2. The minimum atomic E-state index is 0.505. The van der Waals surface area contributed by atoms with E-state index in [1.54, 1.807) is 13.2 Å². The normalized spacial score (nSPS) is 14.0. The quantitative estimate of drug-likeness (QED) is 0.827. The van der Waals surface area contributed by atoms with Crippen molar-refractivity contribution >= 4 is 17.4 Å². The highest BCUT2D eigenvalue weighted by molar-refractivity contribution is 6.29. The summed E-state index contributed by atoms with van der Waals surface area (Å²) in [4.78, 5) is 8.81. The molecule has 0 amide bonds. The topological polar surface area (TPSA) is 47.0 Å². The number of nitrogens with one attached hydrogen (secondary N) is 1. The smallest absolute Gasteiger partial charge is 0.135 e. The van der Waals surface area contributed by atoms with E-state index in [9.17, 15) is 0 Å². The zero-order chi connectivity index (χ0) is 14.7. The van der Waals surface area contributed by atoms with Crippen LogP contribution in [0.4, 0.5) is 5.82 Å². The molecular weight excluding hydrogens is 286 g/mol. The number of hydrogen-bond acceptors (Lipinski definition) is 4. The highest BCUT2D eigenvalue weighted by Crippen LogP contribution is 2.38. The van der Waals surface area contributed by atoms with Crippen LogP contribution in [0.3, 0.4) is 0 Å². The Morgan fingerprint density at radius 1 is 1.24 bits per heavy atom. The fourth-order valence-corrected chi connectivity index (χ4v) is 2.37. The number of aromatic nitrogens is 2. The van der Waals surface area contributed by atoms with Crippen LogP contribution in [-0.4, -0.2) is 23.6 Å². The molecule has 1 aliphatic rings. The summed E-state index contributed by atoms with van der Waals surface area (Å²) in [7, 11) is 1.67. The Morgan fingerprint density at radius 2 is 2.00 bits per heavy atom. The number of methoxy groups -OCH3 is 1. The molecule has 1 N–H and O–H groups in total. The molecule has 1 aliphatic carbocycles. The molecule has 0 atom stereocenters. The van der Waals surface area contributed by atoms with Gasteiger partial charge < -0.3 is 10.1 Å². The summed E-state index contributed by atoms with van der Waals surface area (Å²) < 4.78 is 5.15. The van der Waals surface area contributed by atoms with E-state index in [4.69, 9.17) is 16.3 Å². The van der Waals surface area contributed by atoms with Crippen LogP contribution in [0.2, 0.25) is 5.15 Å². The van der Waals surface area contributed by atoms with Crippen LogP contribution < -0.4 is 10.1 Å². The third kappa shape index (κ3) is 3.85. The SMILES string of the molecule is COc1ccc(CCNc2cc(Cl)nc(C3CC3)n2)cc1. The van der Waals surface area contributed by atoms with Crippen molar-refractivity contribution in [2.75, 3.05) is 19.0 Å². The van der Waals surface area contributed by atoms with Gasteiger partial charge in [-0.1, -0.05) is 23.7 Å². The molecule has 1 aromatic heterocycles. The lowest BCUT2D eigenvalue weighted by Crippen LogP contribution is -2.08. The fourth-order valence-electron chi connectivity index (χ4n) is 2.18. The number of anilines is 1. The molecule has 21 heavy (non-hydrogen) atoms. The average Bonchev–Trinajstić information content (AvgIpc) is 3.32. The van der Waals surface area contributed by atoms with E-state index in [1.807, 2.05) is 12.1 Å². The van der Waals surface area contributed by atoms with E-state index >= 15 is 0 Å². The summed E-state index contributed by atoms with van der Waals surface area (Å²) in [5.41, 5.74) is 1.26. The summed E-state index contributed by atoms with van der Waals surface area (Å²) in [6.45, 7) is 0.809. The van der Waals surface area contributed by atoms with E-state index in [-0.39, 0.29) is 0 Å². The number of nitrogens with zero attached hydrogens (tertiary/aromatic N) is 2. The van der Waals surface area contributed by atoms with E-state index < -0.39 is 0 Å². The van der Waals surface area contributed by atoms with Crippen molar-refractivity contribution in [1.82, 2.24) is 9.97 Å². The van der Waals surface area contributed by atoms with Crippen molar-refractivity contribution in [1.29, 1.82) is 0 Å². The zero-order valence-electron chi connectivity index (χ0n) is 12.0. The first kappa shape index (κ1) is 14.1. The predicted molar refractivity (Wildman–Crippen MR) is 84.2 cm³/mol. The van der Waals surface area contributed by atoms with Gasteiger partial charge in [0.1, 0.15) is 22.5 Å². The van der Waals surface area contributed by atoms with Crippen molar-refractivity contribution in [3.8, 4) is 5.75 Å². The van der Waals surface area contributed by atoms with Crippen LogP contribution in [-0.2, 0) is 6.42 Å². The summed E-state index contributed by atoms with van der Waals surface area (Å²) >= 11 is 6.05. The molecule has 0 bridgehead atoms. The van der Waals surface area contributed by atoms with Gasteiger partial charge in [-0.05, 0) is 37.0 Å². The Labute approximate surface area is 129 Å². The summed E-state index contributed by atoms with van der Waals surface area (Å²) in [5, 5.41) is 3.83. The molecule has 3 rings (SSSR count). The first-order valence-electron chi connectivity index (χ1n) is 7.16. The number of hydrogen-bond donors (Lipinski definition) is 1. The molecular formula is C16H18ClN3O. The van der Waals surface area contributed by atoms with Crippen LogP contribution in [0.1, 0.15) is 30.1 Å². The van der Waals surface area contributed by atoms with Crippen LogP contribution >= 0.6 is 11.6 Å². The molecule has 1 fully saturated rings. The summed E-state index contributed by atoms with van der Waals surface area (Å²) in [6, 6.07) is 9.87. The van der Waals surface area contributed by atoms with Crippen LogP contribution in [0, 0.1) is 0 Å². The molecule has 1 heterocycles. The predicted octanol–water partition coefficient (Wildman–Crippen LogP) is 3.67. The van der Waals surface area contributed by atoms with Gasteiger partial charge in [-0.2, -0.15) is 0 Å². The van der Waals surface area contributed by atoms with Gasteiger partial charge in [-0.3, -0.25) is 0 Å². The Bertz CT molecular complexity index is 611. The van der Waals surface area contributed by atoms with Gasteiger partial charge in [-0.15, -0.1) is 0 Å². The minimum Gasteiger partial charge on any atom is -0.497 e. The number of rotatable bonds is 6. The molecule has 110 valence electrons. The molecule has 0 saturated heterocycles. The largest absolute Gasteiger partial charge is 0.497 e. The molecule has 5 heteroatoms. The summed E-state index contributed by atoms with van der Waals surface area (Å²) in [6.07, 6.45) is 3.27. The van der Waals surface area contributed by atoms with E-state index in [0.717, 1.165) is 30.4 Å². The number of halogens is 1. The lowest BCUT2D eigenvalue weighted by atomic mass is 10.1. The second-order valence-corrected chi connectivity index (χ2v) is 5.62. The van der Waals surface area contributed by atoms with Crippen molar-refractivity contribution in [3.63, 3.8) is 0 Å². The van der Waals surface area contributed by atoms with Crippen molar-refractivity contribution < 1.29 is 4.74 Å². The number of benzene rings is 1. The second kappa shape index (κ2) is 6.31. The van der Waals surface area contributed by atoms with Gasteiger partial charge in [0, 0.05) is 18.5 Å². The maximum atomic E-state index is 6.05.